The van der Waals surface area contributed by atoms with E-state index in [-0.39, 0.29) is 35.4 Å². The molecule has 4 heterocycles. The van der Waals surface area contributed by atoms with E-state index in [0.717, 1.165) is 23.2 Å². The molecule has 35 heavy (non-hydrogen) atoms. The predicted molar refractivity (Wildman–Crippen MR) is 125 cm³/mol. The first-order chi connectivity index (χ1) is 16.7. The largest absolute Gasteiger partial charge is 0.446 e. The lowest BCUT2D eigenvalue weighted by atomic mass is 10.1. The molecule has 1 aliphatic rings. The number of ether oxygens (including phenoxy) is 1. The van der Waals surface area contributed by atoms with E-state index in [4.69, 9.17) is 4.74 Å². The van der Waals surface area contributed by atoms with Gasteiger partial charge in [-0.05, 0) is 48.9 Å². The number of fused-ring (bicyclic) bond motifs is 3. The zero-order chi connectivity index (χ0) is 24.7. The van der Waals surface area contributed by atoms with E-state index in [1.807, 2.05) is 19.9 Å². The van der Waals surface area contributed by atoms with Crippen molar-refractivity contribution in [3.05, 3.63) is 64.5 Å². The summed E-state index contributed by atoms with van der Waals surface area (Å²) in [5.41, 5.74) is -2.97. The Morgan fingerprint density at radius 1 is 1.09 bits per heavy atom. The third-order valence-corrected chi connectivity index (χ3v) is 6.66. The molecule has 4 aromatic rings. The fourth-order valence-electron chi connectivity index (χ4n) is 4.58. The first-order valence-electron chi connectivity index (χ1n) is 11.1. The Labute approximate surface area is 202 Å². The van der Waals surface area contributed by atoms with Gasteiger partial charge in [0.1, 0.15) is 12.0 Å². The summed E-state index contributed by atoms with van der Waals surface area (Å²) in [4.78, 5) is 24.3. The second-order valence-electron chi connectivity index (χ2n) is 8.69. The monoisotopic (exact) mass is 504 g/mol. The molecule has 1 fully saturated rings. The fourth-order valence-corrected chi connectivity index (χ4v) is 5.24. The molecule has 3 aromatic heterocycles. The van der Waals surface area contributed by atoms with Crippen LogP contribution in [-0.2, 0) is 17.8 Å². The molecule has 0 radical (unpaired) electrons. The van der Waals surface area contributed by atoms with Gasteiger partial charge in [-0.1, -0.05) is 18.2 Å². The molecule has 5 rings (SSSR count). The number of alkyl halides is 3. The molecule has 0 saturated carbocycles. The van der Waals surface area contributed by atoms with Crippen LogP contribution in [0.5, 0.6) is 0 Å². The van der Waals surface area contributed by atoms with Crippen LogP contribution in [-0.4, -0.2) is 59.9 Å². The molecule has 8 nitrogen and oxygen atoms in total. The minimum atomic E-state index is -4.44. The molecule has 2 unspecified atom stereocenters. The number of thioether (sulfide) groups is 1. The minimum absolute atomic E-state index is 0.0333. The van der Waals surface area contributed by atoms with Crippen LogP contribution in [0.25, 0.3) is 16.7 Å². The van der Waals surface area contributed by atoms with Crippen molar-refractivity contribution in [2.24, 2.45) is 0 Å². The Morgan fingerprint density at radius 2 is 1.83 bits per heavy atom. The lowest BCUT2D eigenvalue weighted by molar-refractivity contribution is -0.0705. The highest BCUT2D eigenvalue weighted by Crippen LogP contribution is 2.38. The van der Waals surface area contributed by atoms with Crippen LogP contribution in [0.15, 0.2) is 52.5 Å². The van der Waals surface area contributed by atoms with Crippen molar-refractivity contribution in [1.82, 2.24) is 29.0 Å². The van der Waals surface area contributed by atoms with Crippen molar-refractivity contribution in [2.45, 2.75) is 49.5 Å². The van der Waals surface area contributed by atoms with E-state index in [2.05, 4.69) is 20.0 Å². The number of hydrogen-bond acceptors (Lipinski definition) is 7. The lowest BCUT2D eigenvalue weighted by Crippen LogP contribution is -2.44. The van der Waals surface area contributed by atoms with Crippen molar-refractivity contribution in [1.29, 1.82) is 0 Å². The van der Waals surface area contributed by atoms with E-state index < -0.39 is 11.2 Å². The maximum absolute atomic E-state index is 13.2. The number of nitrogens with zero attached hydrogens (tertiary/aromatic N) is 6. The Hall–Kier alpha value is -2.96. The number of hydrogen-bond donors (Lipinski definition) is 0. The van der Waals surface area contributed by atoms with Gasteiger partial charge in [0.25, 0.3) is 0 Å². The SMILES string of the molecule is CC1CN(Cc2cnc3c(c2)c2ncnn2c(=O)n3Cc2ccccc2SC(F)(F)F)CC(C)O1. The molecule has 0 aliphatic carbocycles. The van der Waals surface area contributed by atoms with Crippen molar-refractivity contribution in [3.63, 3.8) is 0 Å². The van der Waals surface area contributed by atoms with Gasteiger partial charge in [0.15, 0.2) is 5.65 Å². The molecule has 1 saturated heterocycles. The second kappa shape index (κ2) is 9.25. The summed E-state index contributed by atoms with van der Waals surface area (Å²) >= 11 is -0.201. The highest BCUT2D eigenvalue weighted by atomic mass is 32.2. The summed E-state index contributed by atoms with van der Waals surface area (Å²) in [7, 11) is 0. The molecule has 0 amide bonds. The van der Waals surface area contributed by atoms with Gasteiger partial charge in [-0.3, -0.25) is 9.47 Å². The number of halogens is 3. The third-order valence-electron chi connectivity index (χ3n) is 5.81. The maximum Gasteiger partial charge on any atom is 0.446 e. The summed E-state index contributed by atoms with van der Waals surface area (Å²) in [6.07, 6.45) is 3.23. The van der Waals surface area contributed by atoms with E-state index >= 15 is 0 Å². The molecule has 0 bridgehead atoms. The Kier molecular flexibility index (Phi) is 6.28. The highest BCUT2D eigenvalue weighted by Gasteiger charge is 2.30. The molecule has 2 atom stereocenters. The predicted octanol–water partition coefficient (Wildman–Crippen LogP) is 3.71. The fraction of sp³-hybridized carbons (Fsp3) is 0.391. The van der Waals surface area contributed by atoms with Gasteiger partial charge in [-0.2, -0.15) is 22.8 Å². The average Bonchev–Trinajstić information content (AvgIpc) is 3.27. The molecule has 184 valence electrons. The van der Waals surface area contributed by atoms with Crippen LogP contribution < -0.4 is 5.69 Å². The van der Waals surface area contributed by atoms with Gasteiger partial charge in [-0.25, -0.2) is 14.8 Å². The Balaban J connectivity index is 1.56. The number of rotatable bonds is 5. The van der Waals surface area contributed by atoms with Gasteiger partial charge in [0, 0.05) is 30.7 Å². The normalized spacial score (nSPS) is 19.6. The number of pyridine rings is 1. The topological polar surface area (TPSA) is 77.6 Å². The van der Waals surface area contributed by atoms with Crippen LogP contribution in [0, 0.1) is 0 Å². The summed E-state index contributed by atoms with van der Waals surface area (Å²) in [6, 6.07) is 8.07. The van der Waals surface area contributed by atoms with Gasteiger partial charge in [-0.15, -0.1) is 0 Å². The first-order valence-corrected chi connectivity index (χ1v) is 11.9. The van der Waals surface area contributed by atoms with Crippen molar-refractivity contribution in [2.75, 3.05) is 13.1 Å². The summed E-state index contributed by atoms with van der Waals surface area (Å²) in [5, 5.41) is 4.66. The van der Waals surface area contributed by atoms with Crippen molar-refractivity contribution < 1.29 is 17.9 Å². The Bertz CT molecular complexity index is 1430. The molecular weight excluding hydrogens is 481 g/mol. The molecule has 1 aromatic carbocycles. The number of benzene rings is 1. The first kappa shape index (κ1) is 23.8. The standard InChI is InChI=1S/C23H23F3N6O2S/c1-14-9-30(10-15(2)34-14)11-16-7-18-20(27-8-16)31(22(33)32-21(18)28-13-29-32)12-17-5-3-4-6-19(17)35-23(24,25)26/h3-8,13-15H,9-12H2,1-2H3. The van der Waals surface area contributed by atoms with Crippen LogP contribution in [0.3, 0.4) is 0 Å². The smallest absolute Gasteiger partial charge is 0.373 e. The Morgan fingerprint density at radius 3 is 2.57 bits per heavy atom. The van der Waals surface area contributed by atoms with Crippen LogP contribution in [0.1, 0.15) is 25.0 Å². The van der Waals surface area contributed by atoms with Crippen LogP contribution in [0.4, 0.5) is 13.2 Å². The second-order valence-corrected chi connectivity index (χ2v) is 9.79. The maximum atomic E-state index is 13.2. The van der Waals surface area contributed by atoms with Gasteiger partial charge >= 0.3 is 11.2 Å². The van der Waals surface area contributed by atoms with Gasteiger partial charge in [0.05, 0.1) is 24.1 Å². The average molecular weight is 505 g/mol. The van der Waals surface area contributed by atoms with Crippen molar-refractivity contribution in [3.8, 4) is 0 Å². The molecule has 0 spiro atoms. The minimum Gasteiger partial charge on any atom is -0.373 e. The number of aromatic nitrogens is 5. The van der Waals surface area contributed by atoms with E-state index in [0.29, 0.717) is 28.8 Å². The third kappa shape index (κ3) is 5.04. The molecule has 1 aliphatic heterocycles. The molecular formula is C23H23F3N6O2S. The van der Waals surface area contributed by atoms with Crippen molar-refractivity contribution >= 4 is 28.4 Å². The zero-order valence-corrected chi connectivity index (χ0v) is 19.9. The molecule has 0 N–H and O–H groups in total. The summed E-state index contributed by atoms with van der Waals surface area (Å²) < 4.78 is 47.6. The summed E-state index contributed by atoms with van der Waals surface area (Å²) in [5.74, 6) is 0. The van der Waals surface area contributed by atoms with Crippen LogP contribution in [0.2, 0.25) is 0 Å². The number of morpholine rings is 1. The quantitative estimate of drug-likeness (QED) is 0.384. The van der Waals surface area contributed by atoms with Gasteiger partial charge < -0.3 is 4.74 Å². The zero-order valence-electron chi connectivity index (χ0n) is 19.1. The lowest BCUT2D eigenvalue weighted by Gasteiger charge is -2.35. The molecule has 12 heteroatoms. The van der Waals surface area contributed by atoms with E-state index in [9.17, 15) is 18.0 Å². The van der Waals surface area contributed by atoms with E-state index in [1.165, 1.54) is 23.0 Å². The van der Waals surface area contributed by atoms with Crippen LogP contribution >= 0.6 is 11.8 Å². The highest BCUT2D eigenvalue weighted by molar-refractivity contribution is 8.00. The van der Waals surface area contributed by atoms with E-state index in [1.54, 1.807) is 18.3 Å². The van der Waals surface area contributed by atoms with Gasteiger partial charge in [0.2, 0.25) is 0 Å². The summed E-state index contributed by atoms with van der Waals surface area (Å²) in [6.45, 7) is 6.20.